The number of rotatable bonds is 5. The number of nitrogens with one attached hydrogen (secondary N) is 1. The molecule has 1 aromatic heterocycles. The van der Waals surface area contributed by atoms with Gasteiger partial charge in [0.15, 0.2) is 11.5 Å². The number of aromatic nitrogens is 2. The molecule has 0 spiro atoms. The van der Waals surface area contributed by atoms with Crippen LogP contribution in [0.2, 0.25) is 0 Å². The van der Waals surface area contributed by atoms with Gasteiger partial charge in [0.1, 0.15) is 5.82 Å². The number of hydrogen-bond donors (Lipinski definition) is 1. The van der Waals surface area contributed by atoms with Gasteiger partial charge in [-0.1, -0.05) is 6.07 Å². The van der Waals surface area contributed by atoms with Gasteiger partial charge in [0.2, 0.25) is 0 Å². The normalized spacial score (nSPS) is 19.0. The summed E-state index contributed by atoms with van der Waals surface area (Å²) in [5.74, 6) is -0.00299. The van der Waals surface area contributed by atoms with Crippen molar-refractivity contribution in [2.45, 2.75) is 31.8 Å². The van der Waals surface area contributed by atoms with Crippen LogP contribution in [0.5, 0.6) is 11.5 Å². The molecule has 138 valence electrons. The van der Waals surface area contributed by atoms with Crippen molar-refractivity contribution in [3.05, 3.63) is 45.6 Å². The fourth-order valence-corrected chi connectivity index (χ4v) is 3.26. The van der Waals surface area contributed by atoms with Crippen LogP contribution in [0.1, 0.15) is 36.9 Å². The maximum absolute atomic E-state index is 12.5. The van der Waals surface area contributed by atoms with Gasteiger partial charge in [-0.2, -0.15) is 5.10 Å². The molecular formula is C17H20N4O5. The minimum atomic E-state index is -1.45. The lowest BCUT2D eigenvalue weighted by Gasteiger charge is -2.27. The number of hydrogen-bond acceptors (Lipinski definition) is 6. The van der Waals surface area contributed by atoms with Gasteiger partial charge in [-0.05, 0) is 31.5 Å². The highest BCUT2D eigenvalue weighted by molar-refractivity contribution is 5.98. The molecule has 2 atom stereocenters. The molecule has 2 aromatic rings. The summed E-state index contributed by atoms with van der Waals surface area (Å²) >= 11 is 0. The number of carbonyl (C=O) groups is 1. The Morgan fingerprint density at radius 1 is 1.27 bits per heavy atom. The van der Waals surface area contributed by atoms with Crippen LogP contribution in [0.25, 0.3) is 0 Å². The molecule has 3 rings (SSSR count). The van der Waals surface area contributed by atoms with Crippen molar-refractivity contribution in [1.82, 2.24) is 9.78 Å². The minimum Gasteiger partial charge on any atom is -0.493 e. The molecule has 0 saturated carbocycles. The Hall–Kier alpha value is -3.10. The Labute approximate surface area is 150 Å². The van der Waals surface area contributed by atoms with Gasteiger partial charge in [0.25, 0.3) is 0 Å². The molecular weight excluding hydrogens is 340 g/mol. The van der Waals surface area contributed by atoms with Crippen LogP contribution in [-0.2, 0) is 4.79 Å². The van der Waals surface area contributed by atoms with E-state index in [-0.39, 0.29) is 6.04 Å². The summed E-state index contributed by atoms with van der Waals surface area (Å²) in [6.07, 6.45) is 1.58. The second-order valence-electron chi connectivity index (χ2n) is 6.30. The molecule has 9 heteroatoms. The van der Waals surface area contributed by atoms with E-state index < -0.39 is 22.8 Å². The number of nitrogens with zero attached hydrogens (tertiary/aromatic N) is 3. The molecule has 0 bridgehead atoms. The molecule has 9 nitrogen and oxygen atoms in total. The number of benzene rings is 1. The van der Waals surface area contributed by atoms with E-state index in [1.54, 1.807) is 29.1 Å². The third-order valence-electron chi connectivity index (χ3n) is 4.47. The Morgan fingerprint density at radius 3 is 2.54 bits per heavy atom. The van der Waals surface area contributed by atoms with E-state index >= 15 is 0 Å². The van der Waals surface area contributed by atoms with Crippen molar-refractivity contribution in [3.8, 4) is 11.5 Å². The van der Waals surface area contributed by atoms with Crippen LogP contribution < -0.4 is 14.8 Å². The molecule has 0 radical (unpaired) electrons. The maximum atomic E-state index is 12.5. The lowest BCUT2D eigenvalue weighted by Crippen LogP contribution is -2.44. The van der Waals surface area contributed by atoms with Crippen LogP contribution in [0.3, 0.4) is 0 Å². The fourth-order valence-electron chi connectivity index (χ4n) is 3.26. The summed E-state index contributed by atoms with van der Waals surface area (Å²) in [7, 11) is 3.00. The first-order valence-corrected chi connectivity index (χ1v) is 8.12. The van der Waals surface area contributed by atoms with Gasteiger partial charge in [-0.3, -0.25) is 14.9 Å². The SMILES string of the molecule is COc1ccc([C@@H]2c3cnn(C(C)C)c3NC(=O)[C@@H]2[N+](=O)[O-])cc1OC. The quantitative estimate of drug-likeness (QED) is 0.647. The summed E-state index contributed by atoms with van der Waals surface area (Å²) in [5.41, 5.74) is 1.19. The third-order valence-corrected chi connectivity index (χ3v) is 4.47. The predicted molar refractivity (Wildman–Crippen MR) is 93.4 cm³/mol. The van der Waals surface area contributed by atoms with Crippen molar-refractivity contribution < 1.29 is 19.2 Å². The number of amides is 1. The fraction of sp³-hybridized carbons (Fsp3) is 0.412. The van der Waals surface area contributed by atoms with Gasteiger partial charge in [-0.25, -0.2) is 4.68 Å². The zero-order valence-electron chi connectivity index (χ0n) is 14.9. The van der Waals surface area contributed by atoms with Crippen LogP contribution in [-0.4, -0.2) is 40.9 Å². The number of anilines is 1. The average Bonchev–Trinajstić information content (AvgIpc) is 3.03. The van der Waals surface area contributed by atoms with Gasteiger partial charge >= 0.3 is 11.9 Å². The number of fused-ring (bicyclic) bond motifs is 1. The molecule has 26 heavy (non-hydrogen) atoms. The van der Waals surface area contributed by atoms with Gasteiger partial charge in [-0.15, -0.1) is 0 Å². The smallest absolute Gasteiger partial charge is 0.301 e. The van der Waals surface area contributed by atoms with Gasteiger partial charge < -0.3 is 14.8 Å². The monoisotopic (exact) mass is 360 g/mol. The zero-order valence-corrected chi connectivity index (χ0v) is 14.9. The number of nitro groups is 1. The first kappa shape index (κ1) is 17.7. The number of ether oxygens (including phenoxy) is 2. The highest BCUT2D eigenvalue weighted by atomic mass is 16.6. The van der Waals surface area contributed by atoms with Gasteiger partial charge in [0.05, 0.1) is 26.3 Å². The van der Waals surface area contributed by atoms with E-state index in [1.165, 1.54) is 14.2 Å². The molecule has 2 heterocycles. The summed E-state index contributed by atoms with van der Waals surface area (Å²) in [5, 5.41) is 18.6. The minimum absolute atomic E-state index is 0.00254. The second-order valence-corrected chi connectivity index (χ2v) is 6.30. The molecule has 0 aliphatic carbocycles. The Morgan fingerprint density at radius 2 is 1.96 bits per heavy atom. The summed E-state index contributed by atoms with van der Waals surface area (Å²) in [4.78, 5) is 23.6. The van der Waals surface area contributed by atoms with E-state index in [1.807, 2.05) is 13.8 Å². The van der Waals surface area contributed by atoms with E-state index in [0.717, 1.165) is 0 Å². The first-order chi connectivity index (χ1) is 12.4. The highest BCUT2D eigenvalue weighted by Crippen LogP contribution is 2.41. The van der Waals surface area contributed by atoms with Crippen molar-refractivity contribution in [2.24, 2.45) is 0 Å². The topological polar surface area (TPSA) is 109 Å². The molecule has 0 saturated heterocycles. The van der Waals surface area contributed by atoms with Crippen LogP contribution in [0, 0.1) is 10.1 Å². The number of carbonyl (C=O) groups excluding carboxylic acids is 1. The lowest BCUT2D eigenvalue weighted by atomic mass is 9.83. The van der Waals surface area contributed by atoms with E-state index in [2.05, 4.69) is 10.4 Å². The highest BCUT2D eigenvalue weighted by Gasteiger charge is 2.47. The van der Waals surface area contributed by atoms with Crippen molar-refractivity contribution >= 4 is 11.7 Å². The van der Waals surface area contributed by atoms with E-state index in [0.29, 0.717) is 28.4 Å². The summed E-state index contributed by atoms with van der Waals surface area (Å²) in [6.45, 7) is 3.84. The Balaban J connectivity index is 2.19. The standard InChI is InChI=1S/C17H20N4O5/c1-9(2)20-16-11(8-18-20)14(15(21(23)24)17(22)19-16)10-5-6-12(25-3)13(7-10)26-4/h5-9,14-15H,1-4H3,(H,19,22)/t14-,15-/m1/s1. The van der Waals surface area contributed by atoms with Crippen molar-refractivity contribution in [2.75, 3.05) is 19.5 Å². The predicted octanol–water partition coefficient (Wildman–Crippen LogP) is 2.21. The maximum Gasteiger partial charge on any atom is 0.301 e. The lowest BCUT2D eigenvalue weighted by molar-refractivity contribution is -0.509. The summed E-state index contributed by atoms with van der Waals surface area (Å²) in [6, 6.07) is 3.58. The third kappa shape index (κ3) is 2.75. The molecule has 1 aliphatic rings. The molecule has 1 amide bonds. The summed E-state index contributed by atoms with van der Waals surface area (Å²) < 4.78 is 12.2. The second kappa shape index (κ2) is 6.66. The van der Waals surface area contributed by atoms with Crippen molar-refractivity contribution in [1.29, 1.82) is 0 Å². The molecule has 1 aliphatic heterocycles. The molecule has 1 N–H and O–H groups in total. The zero-order chi connectivity index (χ0) is 19.0. The first-order valence-electron chi connectivity index (χ1n) is 8.12. The Kier molecular flexibility index (Phi) is 4.54. The number of methoxy groups -OCH3 is 2. The van der Waals surface area contributed by atoms with Crippen LogP contribution in [0.4, 0.5) is 5.82 Å². The largest absolute Gasteiger partial charge is 0.493 e. The van der Waals surface area contributed by atoms with Crippen LogP contribution >= 0.6 is 0 Å². The Bertz CT molecular complexity index is 861. The van der Waals surface area contributed by atoms with Crippen molar-refractivity contribution in [3.63, 3.8) is 0 Å². The van der Waals surface area contributed by atoms with Gasteiger partial charge in [0, 0.05) is 16.5 Å². The van der Waals surface area contributed by atoms with E-state index in [4.69, 9.17) is 9.47 Å². The van der Waals surface area contributed by atoms with Crippen LogP contribution in [0.15, 0.2) is 24.4 Å². The molecule has 0 unspecified atom stereocenters. The molecule has 1 aromatic carbocycles. The van der Waals surface area contributed by atoms with E-state index in [9.17, 15) is 14.9 Å². The molecule has 0 fully saturated rings. The average molecular weight is 360 g/mol.